The fourth-order valence-corrected chi connectivity index (χ4v) is 1.97. The van der Waals surface area contributed by atoms with E-state index in [1.807, 2.05) is 18.2 Å². The van der Waals surface area contributed by atoms with Crippen LogP contribution in [-0.4, -0.2) is 16.3 Å². The summed E-state index contributed by atoms with van der Waals surface area (Å²) >= 11 is 0. The lowest BCUT2D eigenvalue weighted by Gasteiger charge is -2.07. The average Bonchev–Trinajstić information content (AvgIpc) is 2.37. The molecule has 3 heteroatoms. The Balaban J connectivity index is 2.49. The number of hydrogen-bond donors (Lipinski definition) is 1. The third kappa shape index (κ3) is 2.39. The van der Waals surface area contributed by atoms with Crippen molar-refractivity contribution in [3.63, 3.8) is 0 Å². The third-order valence-corrected chi connectivity index (χ3v) is 3.01. The number of aliphatic hydroxyl groups is 1. The summed E-state index contributed by atoms with van der Waals surface area (Å²) in [6, 6.07) is 7.92. The lowest BCUT2D eigenvalue weighted by atomic mass is 10.1. The predicted molar refractivity (Wildman–Crippen MR) is 69.3 cm³/mol. The molecule has 0 aliphatic rings. The molecule has 0 aliphatic heterocycles. The van der Waals surface area contributed by atoms with E-state index in [0.29, 0.717) is 13.0 Å². The summed E-state index contributed by atoms with van der Waals surface area (Å²) in [5.74, 6) is 0. The van der Waals surface area contributed by atoms with Crippen LogP contribution >= 0.6 is 0 Å². The molecule has 0 spiro atoms. The first kappa shape index (κ1) is 11.9. The van der Waals surface area contributed by atoms with Crippen molar-refractivity contribution < 1.29 is 5.11 Å². The number of fused-ring (bicyclic) bond motifs is 1. The van der Waals surface area contributed by atoms with Crippen molar-refractivity contribution >= 4 is 10.8 Å². The molecule has 90 valence electrons. The summed E-state index contributed by atoms with van der Waals surface area (Å²) in [4.78, 5) is 12.1. The van der Waals surface area contributed by atoms with E-state index < -0.39 is 0 Å². The Morgan fingerprint density at radius 1 is 1.29 bits per heavy atom. The highest BCUT2D eigenvalue weighted by Crippen LogP contribution is 2.12. The van der Waals surface area contributed by atoms with E-state index in [0.717, 1.165) is 17.2 Å². The van der Waals surface area contributed by atoms with Crippen molar-refractivity contribution in [3.05, 3.63) is 46.4 Å². The van der Waals surface area contributed by atoms with Gasteiger partial charge in [0.2, 0.25) is 0 Å². The molecule has 0 bridgehead atoms. The zero-order valence-corrected chi connectivity index (χ0v) is 10.0. The van der Waals surface area contributed by atoms with E-state index in [1.54, 1.807) is 10.8 Å². The highest BCUT2D eigenvalue weighted by Gasteiger charge is 2.02. The molecule has 17 heavy (non-hydrogen) atoms. The molecule has 1 N–H and O–H groups in total. The van der Waals surface area contributed by atoms with Gasteiger partial charge in [0.1, 0.15) is 0 Å². The molecule has 1 aromatic heterocycles. The van der Waals surface area contributed by atoms with Gasteiger partial charge in [-0.25, -0.2) is 0 Å². The Morgan fingerprint density at radius 2 is 2.12 bits per heavy atom. The lowest BCUT2D eigenvalue weighted by molar-refractivity contribution is 0.279. The van der Waals surface area contributed by atoms with Crippen LogP contribution in [0, 0.1) is 0 Å². The minimum atomic E-state index is 0.0265. The Kier molecular flexibility index (Phi) is 3.59. The molecular weight excluding hydrogens is 214 g/mol. The van der Waals surface area contributed by atoms with Gasteiger partial charge in [-0.2, -0.15) is 0 Å². The van der Waals surface area contributed by atoms with Gasteiger partial charge in [0.25, 0.3) is 5.56 Å². The number of pyridine rings is 1. The number of nitrogens with zero attached hydrogens (tertiary/aromatic N) is 1. The molecule has 0 unspecified atom stereocenters. The van der Waals surface area contributed by atoms with Crippen LogP contribution in [0.25, 0.3) is 10.8 Å². The standard InChI is InChI=1S/C14H17NO2/c1-2-11-4-5-13-12(10-11)6-8-15(14(13)17)7-3-9-16/h4-6,8,10,16H,2-3,7,9H2,1H3. The summed E-state index contributed by atoms with van der Waals surface area (Å²) in [6.07, 6.45) is 3.39. The first-order valence-electron chi connectivity index (χ1n) is 5.99. The summed E-state index contributed by atoms with van der Waals surface area (Å²) in [5.41, 5.74) is 1.27. The number of benzene rings is 1. The SMILES string of the molecule is CCc1ccc2c(=O)n(CCCO)ccc2c1. The molecule has 0 aliphatic carbocycles. The fraction of sp³-hybridized carbons (Fsp3) is 0.357. The molecule has 0 radical (unpaired) electrons. The first-order valence-corrected chi connectivity index (χ1v) is 5.99. The number of aryl methyl sites for hydroxylation is 2. The quantitative estimate of drug-likeness (QED) is 0.873. The monoisotopic (exact) mass is 231 g/mol. The van der Waals surface area contributed by atoms with Crippen LogP contribution in [0.15, 0.2) is 35.3 Å². The molecule has 1 heterocycles. The number of aromatic nitrogens is 1. The molecule has 0 saturated carbocycles. The highest BCUT2D eigenvalue weighted by atomic mass is 16.3. The van der Waals surface area contributed by atoms with Crippen molar-refractivity contribution in [3.8, 4) is 0 Å². The fourth-order valence-electron chi connectivity index (χ4n) is 1.97. The molecule has 3 nitrogen and oxygen atoms in total. The number of aliphatic hydroxyl groups excluding tert-OH is 1. The van der Waals surface area contributed by atoms with Gasteiger partial charge in [-0.05, 0) is 35.9 Å². The van der Waals surface area contributed by atoms with Crippen LogP contribution < -0.4 is 5.56 Å². The second-order valence-electron chi connectivity index (χ2n) is 4.17. The lowest BCUT2D eigenvalue weighted by Crippen LogP contribution is -2.20. The van der Waals surface area contributed by atoms with Gasteiger partial charge in [-0.15, -0.1) is 0 Å². The Hall–Kier alpha value is -1.61. The van der Waals surface area contributed by atoms with Crippen molar-refractivity contribution in [2.24, 2.45) is 0 Å². The van der Waals surface area contributed by atoms with Gasteiger partial charge in [0.15, 0.2) is 0 Å². The predicted octanol–water partition coefficient (Wildman–Crippen LogP) is 1.95. The van der Waals surface area contributed by atoms with Gasteiger partial charge < -0.3 is 9.67 Å². The van der Waals surface area contributed by atoms with Crippen LogP contribution in [0.1, 0.15) is 18.9 Å². The molecule has 2 aromatic rings. The van der Waals surface area contributed by atoms with Crippen LogP contribution in [-0.2, 0) is 13.0 Å². The zero-order chi connectivity index (χ0) is 12.3. The van der Waals surface area contributed by atoms with Gasteiger partial charge in [-0.1, -0.05) is 19.1 Å². The van der Waals surface area contributed by atoms with Crippen molar-refractivity contribution in [2.45, 2.75) is 26.3 Å². The van der Waals surface area contributed by atoms with Gasteiger partial charge >= 0.3 is 0 Å². The number of rotatable bonds is 4. The van der Waals surface area contributed by atoms with Crippen molar-refractivity contribution in [1.82, 2.24) is 4.57 Å². The first-order chi connectivity index (χ1) is 8.26. The summed E-state index contributed by atoms with van der Waals surface area (Å²) in [6.45, 7) is 2.78. The van der Waals surface area contributed by atoms with Gasteiger partial charge in [0, 0.05) is 24.7 Å². The van der Waals surface area contributed by atoms with Crippen molar-refractivity contribution in [2.75, 3.05) is 6.61 Å². The van der Waals surface area contributed by atoms with Crippen LogP contribution in [0.3, 0.4) is 0 Å². The van der Waals surface area contributed by atoms with E-state index in [2.05, 4.69) is 13.0 Å². The molecule has 1 aromatic carbocycles. The van der Waals surface area contributed by atoms with Gasteiger partial charge in [0.05, 0.1) is 0 Å². The van der Waals surface area contributed by atoms with Crippen LogP contribution in [0.2, 0.25) is 0 Å². The average molecular weight is 231 g/mol. The molecule has 0 atom stereocenters. The van der Waals surface area contributed by atoms with E-state index in [1.165, 1.54) is 5.56 Å². The van der Waals surface area contributed by atoms with Crippen LogP contribution in [0.4, 0.5) is 0 Å². The minimum absolute atomic E-state index is 0.0265. The minimum Gasteiger partial charge on any atom is -0.396 e. The van der Waals surface area contributed by atoms with Crippen LogP contribution in [0.5, 0.6) is 0 Å². The van der Waals surface area contributed by atoms with E-state index >= 15 is 0 Å². The largest absolute Gasteiger partial charge is 0.396 e. The third-order valence-electron chi connectivity index (χ3n) is 3.01. The molecular formula is C14H17NO2. The smallest absolute Gasteiger partial charge is 0.258 e. The van der Waals surface area contributed by atoms with E-state index in [9.17, 15) is 4.79 Å². The van der Waals surface area contributed by atoms with Crippen molar-refractivity contribution in [1.29, 1.82) is 0 Å². The highest BCUT2D eigenvalue weighted by molar-refractivity contribution is 5.82. The topological polar surface area (TPSA) is 42.2 Å². The maximum absolute atomic E-state index is 12.1. The molecule has 2 rings (SSSR count). The Morgan fingerprint density at radius 3 is 2.82 bits per heavy atom. The second kappa shape index (κ2) is 5.15. The maximum Gasteiger partial charge on any atom is 0.258 e. The second-order valence-corrected chi connectivity index (χ2v) is 4.17. The summed E-state index contributed by atoms with van der Waals surface area (Å²) in [5, 5.41) is 10.5. The summed E-state index contributed by atoms with van der Waals surface area (Å²) < 4.78 is 1.66. The zero-order valence-electron chi connectivity index (χ0n) is 10.0. The Labute approximate surface area is 100 Å². The normalized spacial score (nSPS) is 10.9. The molecule has 0 fully saturated rings. The number of hydrogen-bond acceptors (Lipinski definition) is 2. The molecule has 0 saturated heterocycles. The Bertz CT molecular complexity index is 572. The van der Waals surface area contributed by atoms with E-state index in [-0.39, 0.29) is 12.2 Å². The van der Waals surface area contributed by atoms with Gasteiger partial charge in [-0.3, -0.25) is 4.79 Å². The molecule has 0 amide bonds. The maximum atomic E-state index is 12.1. The van der Waals surface area contributed by atoms with E-state index in [4.69, 9.17) is 5.11 Å². The summed E-state index contributed by atoms with van der Waals surface area (Å²) in [7, 11) is 0.